The van der Waals surface area contributed by atoms with E-state index in [0.717, 1.165) is 15.9 Å². The molecule has 1 N–H and O–H groups in total. The Kier molecular flexibility index (Phi) is 5.35. The number of aromatic nitrogens is 2. The number of thiophene rings is 1. The summed E-state index contributed by atoms with van der Waals surface area (Å²) < 4.78 is 6.99. The molecule has 1 aliphatic heterocycles. The Morgan fingerprint density at radius 2 is 1.88 bits per heavy atom. The number of carbonyl (C=O) groups excluding carboxylic acids is 3. The van der Waals surface area contributed by atoms with E-state index < -0.39 is 18.5 Å². The van der Waals surface area contributed by atoms with Gasteiger partial charge in [-0.2, -0.15) is 5.10 Å². The molecule has 0 aliphatic carbocycles. The number of esters is 1. The molecule has 0 unspecified atom stereocenters. The fourth-order valence-corrected chi connectivity index (χ4v) is 4.95. The highest BCUT2D eigenvalue weighted by molar-refractivity contribution is 7.20. The fraction of sp³-hybridized carbons (Fsp3) is 0.130. The third-order valence-corrected chi connectivity index (χ3v) is 6.64. The van der Waals surface area contributed by atoms with Gasteiger partial charge < -0.3 is 10.1 Å². The molecule has 33 heavy (non-hydrogen) atoms. The summed E-state index contributed by atoms with van der Waals surface area (Å²) in [5, 5.41) is 8.60. The third-order valence-electron chi connectivity index (χ3n) is 5.22. The van der Waals surface area contributed by atoms with Gasteiger partial charge in [-0.1, -0.05) is 35.9 Å². The van der Waals surface area contributed by atoms with Gasteiger partial charge in [-0.05, 0) is 37.3 Å². The van der Waals surface area contributed by atoms with Crippen LogP contribution in [0.25, 0.3) is 15.9 Å². The molecular formula is C23H17ClN4O4S. The number of hydrogen-bond donors (Lipinski definition) is 1. The van der Waals surface area contributed by atoms with Gasteiger partial charge in [0.05, 0.1) is 27.8 Å². The zero-order valence-electron chi connectivity index (χ0n) is 17.4. The molecule has 0 saturated carbocycles. The second-order valence-electron chi connectivity index (χ2n) is 7.40. The third kappa shape index (κ3) is 3.85. The Balaban J connectivity index is 1.35. The van der Waals surface area contributed by atoms with Crippen molar-refractivity contribution in [2.45, 2.75) is 6.92 Å². The summed E-state index contributed by atoms with van der Waals surface area (Å²) in [6.45, 7) is 1.23. The number of aryl methyl sites for hydroxylation is 1. The highest BCUT2D eigenvalue weighted by Crippen LogP contribution is 2.33. The van der Waals surface area contributed by atoms with Gasteiger partial charge in [0.1, 0.15) is 16.3 Å². The summed E-state index contributed by atoms with van der Waals surface area (Å²) in [5.74, 6) is -1.41. The van der Waals surface area contributed by atoms with Crippen molar-refractivity contribution in [1.82, 2.24) is 9.78 Å². The fourth-order valence-electron chi connectivity index (χ4n) is 3.67. The van der Waals surface area contributed by atoms with Crippen LogP contribution < -0.4 is 10.2 Å². The Morgan fingerprint density at radius 3 is 2.67 bits per heavy atom. The first kappa shape index (κ1) is 21.2. The van der Waals surface area contributed by atoms with E-state index in [1.165, 1.54) is 16.2 Å². The molecule has 1 aliphatic rings. The molecule has 0 saturated heterocycles. The summed E-state index contributed by atoms with van der Waals surface area (Å²) >= 11 is 7.53. The second kappa shape index (κ2) is 8.34. The quantitative estimate of drug-likeness (QED) is 0.442. The Morgan fingerprint density at radius 1 is 1.15 bits per heavy atom. The first-order valence-corrected chi connectivity index (χ1v) is 11.2. The lowest BCUT2D eigenvalue weighted by molar-refractivity contribution is -0.124. The van der Waals surface area contributed by atoms with E-state index in [1.807, 2.05) is 25.1 Å². The molecule has 2 aromatic heterocycles. The monoisotopic (exact) mass is 480 g/mol. The van der Waals surface area contributed by atoms with Crippen LogP contribution in [0.2, 0.25) is 5.02 Å². The van der Waals surface area contributed by atoms with E-state index in [1.54, 1.807) is 41.1 Å². The topological polar surface area (TPSA) is 93.5 Å². The van der Waals surface area contributed by atoms with Crippen molar-refractivity contribution in [1.29, 1.82) is 0 Å². The Hall–Kier alpha value is -3.69. The molecule has 2 aromatic carbocycles. The van der Waals surface area contributed by atoms with Gasteiger partial charge in [-0.25, -0.2) is 9.48 Å². The molecule has 8 nitrogen and oxygen atoms in total. The molecule has 10 heteroatoms. The van der Waals surface area contributed by atoms with E-state index in [9.17, 15) is 14.4 Å². The average molecular weight is 481 g/mol. The summed E-state index contributed by atoms with van der Waals surface area (Å²) in [4.78, 5) is 39.8. The summed E-state index contributed by atoms with van der Waals surface area (Å²) in [5.41, 5.74) is 2.55. The number of rotatable bonds is 4. The minimum atomic E-state index is -0.621. The van der Waals surface area contributed by atoms with Gasteiger partial charge in [0, 0.05) is 5.39 Å². The molecule has 4 aromatic rings. The second-order valence-corrected chi connectivity index (χ2v) is 8.84. The summed E-state index contributed by atoms with van der Waals surface area (Å²) in [6.07, 6.45) is 0. The normalized spacial score (nSPS) is 13.0. The lowest BCUT2D eigenvalue weighted by Gasteiger charge is -2.28. The summed E-state index contributed by atoms with van der Waals surface area (Å²) in [6, 6.07) is 16.0. The number of hydrogen-bond acceptors (Lipinski definition) is 6. The van der Waals surface area contributed by atoms with Crippen molar-refractivity contribution in [3.8, 4) is 5.69 Å². The summed E-state index contributed by atoms with van der Waals surface area (Å²) in [7, 11) is 0. The number of nitrogens with one attached hydrogen (secondary N) is 1. The number of nitrogens with zero attached hydrogens (tertiary/aromatic N) is 3. The standard InChI is InChI=1S/C23H17ClN4O4S/c1-13-14-10-19(33-22(14)28(26-13)17-8-4-2-6-15(17)24)23(31)32-12-21(30)27-11-20(29)25-16-7-3-5-9-18(16)27/h2-10H,11-12H2,1H3,(H,25,29). The number of carbonyl (C=O) groups is 3. The van der Waals surface area contributed by atoms with Gasteiger partial charge in [0.15, 0.2) is 6.61 Å². The van der Waals surface area contributed by atoms with Crippen LogP contribution in [-0.2, 0) is 14.3 Å². The molecule has 5 rings (SSSR count). The minimum absolute atomic E-state index is 0.136. The van der Waals surface area contributed by atoms with Crippen molar-refractivity contribution in [3.63, 3.8) is 0 Å². The molecular weight excluding hydrogens is 464 g/mol. The van der Waals surface area contributed by atoms with Gasteiger partial charge in [0.25, 0.3) is 5.91 Å². The van der Waals surface area contributed by atoms with Crippen molar-refractivity contribution < 1.29 is 19.1 Å². The minimum Gasteiger partial charge on any atom is -0.451 e. The number of amides is 2. The van der Waals surface area contributed by atoms with E-state index in [0.29, 0.717) is 27.0 Å². The van der Waals surface area contributed by atoms with Crippen LogP contribution in [0, 0.1) is 6.92 Å². The van der Waals surface area contributed by atoms with E-state index in [-0.39, 0.29) is 12.5 Å². The highest BCUT2D eigenvalue weighted by atomic mass is 35.5. The predicted octanol–water partition coefficient (Wildman–Crippen LogP) is 4.19. The first-order valence-electron chi connectivity index (χ1n) is 10.0. The maximum atomic E-state index is 12.7. The Labute approximate surface area is 197 Å². The number of para-hydroxylation sites is 3. The maximum Gasteiger partial charge on any atom is 0.348 e. The molecule has 2 amide bonds. The lowest BCUT2D eigenvalue weighted by Crippen LogP contribution is -2.44. The van der Waals surface area contributed by atoms with Gasteiger partial charge in [-0.3, -0.25) is 14.5 Å². The van der Waals surface area contributed by atoms with Crippen LogP contribution in [0.15, 0.2) is 54.6 Å². The van der Waals surface area contributed by atoms with Crippen LogP contribution in [-0.4, -0.2) is 40.7 Å². The van der Waals surface area contributed by atoms with Crippen LogP contribution in [0.4, 0.5) is 11.4 Å². The van der Waals surface area contributed by atoms with E-state index in [4.69, 9.17) is 16.3 Å². The number of benzene rings is 2. The van der Waals surface area contributed by atoms with Crippen molar-refractivity contribution in [3.05, 3.63) is 70.2 Å². The predicted molar refractivity (Wildman–Crippen MR) is 126 cm³/mol. The average Bonchev–Trinajstić information content (AvgIpc) is 3.38. The SMILES string of the molecule is Cc1nn(-c2ccccc2Cl)c2sc(C(=O)OCC(=O)N3CC(=O)Nc4ccccc43)cc12. The Bertz CT molecular complexity index is 1430. The molecule has 166 valence electrons. The molecule has 0 atom stereocenters. The zero-order valence-corrected chi connectivity index (χ0v) is 18.9. The van der Waals surface area contributed by atoms with Crippen molar-refractivity contribution in [2.75, 3.05) is 23.4 Å². The van der Waals surface area contributed by atoms with Crippen LogP contribution >= 0.6 is 22.9 Å². The van der Waals surface area contributed by atoms with E-state index >= 15 is 0 Å². The molecule has 0 radical (unpaired) electrons. The largest absolute Gasteiger partial charge is 0.451 e. The number of fused-ring (bicyclic) bond motifs is 2. The van der Waals surface area contributed by atoms with Gasteiger partial charge in [0.2, 0.25) is 5.91 Å². The van der Waals surface area contributed by atoms with Crippen LogP contribution in [0.5, 0.6) is 0 Å². The van der Waals surface area contributed by atoms with Crippen molar-refractivity contribution >= 4 is 62.3 Å². The number of halogens is 1. The number of anilines is 2. The first-order chi connectivity index (χ1) is 15.9. The molecule has 0 bridgehead atoms. The highest BCUT2D eigenvalue weighted by Gasteiger charge is 2.28. The molecule has 3 heterocycles. The number of ether oxygens (including phenoxy) is 1. The van der Waals surface area contributed by atoms with Crippen molar-refractivity contribution in [2.24, 2.45) is 0 Å². The smallest absolute Gasteiger partial charge is 0.348 e. The van der Waals surface area contributed by atoms with Crippen LogP contribution in [0.3, 0.4) is 0 Å². The lowest BCUT2D eigenvalue weighted by atomic mass is 10.2. The maximum absolute atomic E-state index is 12.7. The zero-order chi connectivity index (χ0) is 23.1. The van der Waals surface area contributed by atoms with E-state index in [2.05, 4.69) is 10.4 Å². The molecule has 0 spiro atoms. The van der Waals surface area contributed by atoms with Gasteiger partial charge in [-0.15, -0.1) is 11.3 Å². The van der Waals surface area contributed by atoms with Crippen LogP contribution in [0.1, 0.15) is 15.4 Å². The van der Waals surface area contributed by atoms with Gasteiger partial charge >= 0.3 is 5.97 Å². The molecule has 0 fully saturated rings.